The van der Waals surface area contributed by atoms with Gasteiger partial charge in [-0.05, 0) is 40.9 Å². The number of furan rings is 1. The van der Waals surface area contributed by atoms with Crippen LogP contribution in [0.3, 0.4) is 0 Å². The second-order valence-electron chi connectivity index (χ2n) is 4.89. The number of likely N-dealkylation sites (tertiary alicyclic amines) is 1. The number of urea groups is 1. The van der Waals surface area contributed by atoms with Gasteiger partial charge in [0.25, 0.3) is 11.8 Å². The summed E-state index contributed by atoms with van der Waals surface area (Å²) in [6.45, 7) is 0.787. The predicted molar refractivity (Wildman–Crippen MR) is 71.0 cm³/mol. The molecule has 0 aliphatic carbocycles. The van der Waals surface area contributed by atoms with Gasteiger partial charge in [-0.2, -0.15) is 0 Å². The summed E-state index contributed by atoms with van der Waals surface area (Å²) >= 11 is 3.15. The summed E-state index contributed by atoms with van der Waals surface area (Å²) in [5, 5.41) is 4.89. The Labute approximate surface area is 122 Å². The van der Waals surface area contributed by atoms with Gasteiger partial charge in [0.2, 0.25) is 0 Å². The summed E-state index contributed by atoms with van der Waals surface area (Å²) in [5.74, 6) is -0.265. The highest BCUT2D eigenvalue weighted by molar-refractivity contribution is 9.10. The topological polar surface area (TPSA) is 91.7 Å². The van der Waals surface area contributed by atoms with Crippen molar-refractivity contribution in [3.8, 4) is 0 Å². The van der Waals surface area contributed by atoms with Crippen molar-refractivity contribution in [2.24, 2.45) is 0 Å². The molecule has 4 amide bonds. The molecule has 0 bridgehead atoms. The third kappa shape index (κ3) is 2.09. The molecule has 20 heavy (non-hydrogen) atoms. The van der Waals surface area contributed by atoms with Crippen molar-refractivity contribution in [1.29, 1.82) is 0 Å². The van der Waals surface area contributed by atoms with E-state index in [1.807, 2.05) is 0 Å². The highest BCUT2D eigenvalue weighted by atomic mass is 79.9. The Morgan fingerprint density at radius 3 is 2.50 bits per heavy atom. The van der Waals surface area contributed by atoms with Crippen molar-refractivity contribution < 1.29 is 18.8 Å². The molecule has 0 atom stereocenters. The van der Waals surface area contributed by atoms with E-state index in [2.05, 4.69) is 26.6 Å². The van der Waals surface area contributed by atoms with Crippen LogP contribution in [0.25, 0.3) is 0 Å². The molecule has 1 spiro atoms. The van der Waals surface area contributed by atoms with E-state index in [0.717, 1.165) is 0 Å². The third-order valence-electron chi connectivity index (χ3n) is 3.70. The molecular formula is C12H12BrN3O4. The zero-order valence-electron chi connectivity index (χ0n) is 10.4. The molecule has 0 unspecified atom stereocenters. The quantitative estimate of drug-likeness (QED) is 0.741. The molecule has 3 rings (SSSR count). The predicted octanol–water partition coefficient (Wildman–Crippen LogP) is 0.856. The summed E-state index contributed by atoms with van der Waals surface area (Å²) in [7, 11) is 0. The number of carbonyl (C=O) groups is 3. The first-order chi connectivity index (χ1) is 9.50. The Hall–Kier alpha value is -1.83. The van der Waals surface area contributed by atoms with Gasteiger partial charge in [0, 0.05) is 13.1 Å². The van der Waals surface area contributed by atoms with Gasteiger partial charge in [0.15, 0.2) is 10.4 Å². The van der Waals surface area contributed by atoms with Crippen LogP contribution in [0, 0.1) is 0 Å². The van der Waals surface area contributed by atoms with Gasteiger partial charge in [-0.15, -0.1) is 0 Å². The van der Waals surface area contributed by atoms with Gasteiger partial charge in [0.1, 0.15) is 5.54 Å². The van der Waals surface area contributed by atoms with Gasteiger partial charge in [0.05, 0.1) is 0 Å². The normalized spacial score (nSPS) is 20.9. The van der Waals surface area contributed by atoms with Crippen molar-refractivity contribution in [2.75, 3.05) is 13.1 Å². The molecule has 7 nitrogen and oxygen atoms in total. The highest BCUT2D eigenvalue weighted by Gasteiger charge is 2.48. The molecule has 8 heteroatoms. The zero-order chi connectivity index (χ0) is 14.3. The van der Waals surface area contributed by atoms with Crippen LogP contribution in [0.5, 0.6) is 0 Å². The van der Waals surface area contributed by atoms with Crippen molar-refractivity contribution in [3.05, 3.63) is 22.6 Å². The van der Waals surface area contributed by atoms with E-state index < -0.39 is 11.6 Å². The Balaban J connectivity index is 1.68. The van der Waals surface area contributed by atoms with E-state index in [4.69, 9.17) is 4.42 Å². The van der Waals surface area contributed by atoms with E-state index in [0.29, 0.717) is 30.6 Å². The number of amides is 4. The number of halogens is 1. The maximum Gasteiger partial charge on any atom is 0.322 e. The SMILES string of the molecule is O=C1NC(=O)C2(CCN(C(=O)c3ccc(Br)o3)CC2)N1. The number of nitrogens with zero attached hydrogens (tertiary/aromatic N) is 1. The van der Waals surface area contributed by atoms with Crippen LogP contribution < -0.4 is 10.6 Å². The molecule has 0 aromatic carbocycles. The Bertz CT molecular complexity index is 589. The molecular weight excluding hydrogens is 330 g/mol. The second-order valence-corrected chi connectivity index (χ2v) is 5.67. The fourth-order valence-electron chi connectivity index (χ4n) is 2.56. The van der Waals surface area contributed by atoms with E-state index >= 15 is 0 Å². The van der Waals surface area contributed by atoms with Crippen LogP contribution in [0.4, 0.5) is 4.79 Å². The average molecular weight is 342 g/mol. The summed E-state index contributed by atoms with van der Waals surface area (Å²) in [6, 6.07) is 2.79. The highest BCUT2D eigenvalue weighted by Crippen LogP contribution is 2.27. The number of imide groups is 1. The number of rotatable bonds is 1. The molecule has 3 heterocycles. The first-order valence-electron chi connectivity index (χ1n) is 6.18. The van der Waals surface area contributed by atoms with Crippen LogP contribution >= 0.6 is 15.9 Å². The Kier molecular flexibility index (Phi) is 3.04. The van der Waals surface area contributed by atoms with Gasteiger partial charge in [-0.1, -0.05) is 0 Å². The average Bonchev–Trinajstić information content (AvgIpc) is 2.95. The minimum atomic E-state index is -0.863. The maximum absolute atomic E-state index is 12.2. The fourth-order valence-corrected chi connectivity index (χ4v) is 2.86. The van der Waals surface area contributed by atoms with Gasteiger partial charge < -0.3 is 14.6 Å². The Morgan fingerprint density at radius 1 is 1.30 bits per heavy atom. The van der Waals surface area contributed by atoms with Crippen molar-refractivity contribution in [3.63, 3.8) is 0 Å². The number of hydrogen-bond acceptors (Lipinski definition) is 4. The largest absolute Gasteiger partial charge is 0.444 e. The van der Waals surface area contributed by atoms with Crippen molar-refractivity contribution in [1.82, 2.24) is 15.5 Å². The van der Waals surface area contributed by atoms with E-state index in [-0.39, 0.29) is 17.6 Å². The summed E-state index contributed by atoms with van der Waals surface area (Å²) < 4.78 is 5.73. The van der Waals surface area contributed by atoms with E-state index in [1.165, 1.54) is 0 Å². The molecule has 2 fully saturated rings. The fraction of sp³-hybridized carbons (Fsp3) is 0.417. The van der Waals surface area contributed by atoms with Crippen LogP contribution in [-0.2, 0) is 4.79 Å². The lowest BCUT2D eigenvalue weighted by molar-refractivity contribution is -0.125. The standard InChI is InChI=1S/C12H12BrN3O4/c13-8-2-1-7(20-8)9(17)16-5-3-12(4-6-16)10(18)14-11(19)15-12/h1-2H,3-6H2,(H2,14,15,18,19). The molecule has 2 aliphatic rings. The number of hydrogen-bond donors (Lipinski definition) is 2. The molecule has 0 radical (unpaired) electrons. The van der Waals surface area contributed by atoms with Crippen LogP contribution in [0.15, 0.2) is 21.2 Å². The zero-order valence-corrected chi connectivity index (χ0v) is 12.0. The second kappa shape index (κ2) is 4.62. The monoisotopic (exact) mass is 341 g/mol. The van der Waals surface area contributed by atoms with Gasteiger partial charge in [-0.25, -0.2) is 4.79 Å². The van der Waals surface area contributed by atoms with E-state index in [1.54, 1.807) is 17.0 Å². The first kappa shape index (κ1) is 13.2. The van der Waals surface area contributed by atoms with Crippen LogP contribution in [0.2, 0.25) is 0 Å². The summed E-state index contributed by atoms with van der Waals surface area (Å²) in [5.41, 5.74) is -0.863. The molecule has 106 valence electrons. The molecule has 1 aromatic rings. The number of carbonyl (C=O) groups excluding carboxylic acids is 3. The summed E-state index contributed by atoms with van der Waals surface area (Å²) in [4.78, 5) is 36.8. The van der Waals surface area contributed by atoms with Crippen LogP contribution in [-0.4, -0.2) is 41.4 Å². The summed E-state index contributed by atoms with van der Waals surface area (Å²) in [6.07, 6.45) is 0.802. The lowest BCUT2D eigenvalue weighted by atomic mass is 9.87. The minimum absolute atomic E-state index is 0.213. The Morgan fingerprint density at radius 2 is 2.00 bits per heavy atom. The maximum atomic E-state index is 12.2. The molecule has 2 N–H and O–H groups in total. The molecule has 2 saturated heterocycles. The van der Waals surface area contributed by atoms with Crippen LogP contribution in [0.1, 0.15) is 23.4 Å². The van der Waals surface area contributed by atoms with Gasteiger partial charge in [-0.3, -0.25) is 14.9 Å². The van der Waals surface area contributed by atoms with Gasteiger partial charge >= 0.3 is 6.03 Å². The van der Waals surface area contributed by atoms with E-state index in [9.17, 15) is 14.4 Å². The smallest absolute Gasteiger partial charge is 0.322 e. The lowest BCUT2D eigenvalue weighted by Gasteiger charge is -2.36. The third-order valence-corrected chi connectivity index (χ3v) is 4.13. The van der Waals surface area contributed by atoms with Crippen molar-refractivity contribution in [2.45, 2.75) is 18.4 Å². The minimum Gasteiger partial charge on any atom is -0.444 e. The molecule has 1 aromatic heterocycles. The van der Waals surface area contributed by atoms with Crippen molar-refractivity contribution >= 4 is 33.8 Å². The number of nitrogens with one attached hydrogen (secondary N) is 2. The first-order valence-corrected chi connectivity index (χ1v) is 6.98. The number of piperidine rings is 1. The lowest BCUT2D eigenvalue weighted by Crippen LogP contribution is -2.55. The molecule has 0 saturated carbocycles. The molecule has 2 aliphatic heterocycles.